The summed E-state index contributed by atoms with van der Waals surface area (Å²) in [6, 6.07) is 7.44. The molecule has 2 aromatic rings. The molecule has 0 bridgehead atoms. The van der Waals surface area contributed by atoms with E-state index in [0.717, 1.165) is 12.1 Å². The minimum absolute atomic E-state index is 0.154. The molecule has 0 aliphatic rings. The fourth-order valence-corrected chi connectivity index (χ4v) is 2.99. The monoisotopic (exact) mass is 437 g/mol. The number of hydrogen-bond acceptors (Lipinski definition) is 2. The van der Waals surface area contributed by atoms with Crippen molar-refractivity contribution in [2.75, 3.05) is 5.32 Å². The van der Waals surface area contributed by atoms with Crippen LogP contribution in [-0.4, -0.2) is 11.0 Å². The summed E-state index contributed by atoms with van der Waals surface area (Å²) in [5.41, 5.74) is -1.49. The van der Waals surface area contributed by atoms with Crippen LogP contribution in [0.2, 0.25) is 0 Å². The van der Waals surface area contributed by atoms with Gasteiger partial charge in [0, 0.05) is 4.47 Å². The zero-order valence-electron chi connectivity index (χ0n) is 10.7. The van der Waals surface area contributed by atoms with Crippen molar-refractivity contribution < 1.29 is 23.1 Å². The number of benzene rings is 2. The van der Waals surface area contributed by atoms with E-state index in [9.17, 15) is 23.1 Å². The molecule has 0 heterocycles. The van der Waals surface area contributed by atoms with Crippen LogP contribution >= 0.6 is 31.9 Å². The van der Waals surface area contributed by atoms with Gasteiger partial charge in [-0.15, -0.1) is 0 Å². The average molecular weight is 439 g/mol. The van der Waals surface area contributed by atoms with E-state index in [4.69, 9.17) is 0 Å². The van der Waals surface area contributed by atoms with Gasteiger partial charge in [0.1, 0.15) is 5.75 Å². The molecule has 0 unspecified atom stereocenters. The predicted molar refractivity (Wildman–Crippen MR) is 82.9 cm³/mol. The third kappa shape index (κ3) is 3.61. The van der Waals surface area contributed by atoms with Gasteiger partial charge in [0.25, 0.3) is 5.91 Å². The van der Waals surface area contributed by atoms with Crippen LogP contribution in [-0.2, 0) is 6.18 Å². The van der Waals surface area contributed by atoms with Gasteiger partial charge in [-0.05, 0) is 40.2 Å². The fourth-order valence-electron chi connectivity index (χ4n) is 1.77. The summed E-state index contributed by atoms with van der Waals surface area (Å²) in [6.45, 7) is 0. The summed E-state index contributed by atoms with van der Waals surface area (Å²) in [4.78, 5) is 12.1. The van der Waals surface area contributed by atoms with Gasteiger partial charge in [0.2, 0.25) is 0 Å². The number of carbonyl (C=O) groups is 1. The minimum atomic E-state index is -4.59. The van der Waals surface area contributed by atoms with E-state index in [1.54, 1.807) is 0 Å². The number of para-hydroxylation sites is 1. The Balaban J connectivity index is 2.39. The third-order valence-electron chi connectivity index (χ3n) is 2.75. The Labute approximate surface area is 140 Å². The highest BCUT2D eigenvalue weighted by atomic mass is 79.9. The maximum Gasteiger partial charge on any atom is 0.418 e. The summed E-state index contributed by atoms with van der Waals surface area (Å²) in [5, 5.41) is 12.0. The highest BCUT2D eigenvalue weighted by molar-refractivity contribution is 9.11. The van der Waals surface area contributed by atoms with Gasteiger partial charge in [-0.2, -0.15) is 13.2 Å². The van der Waals surface area contributed by atoms with Crippen LogP contribution in [0.5, 0.6) is 5.75 Å². The summed E-state index contributed by atoms with van der Waals surface area (Å²) >= 11 is 6.20. The number of phenolic OH excluding ortho intramolecular Hbond substituents is 1. The Morgan fingerprint density at radius 2 is 1.77 bits per heavy atom. The molecule has 2 rings (SSSR count). The standard InChI is InChI=1S/C14H8Br2F3NO2/c15-7-5-8(12(21)10(16)6-7)13(22)20-11-4-2-1-3-9(11)14(17,18)19/h1-6,21H,(H,20,22). The molecule has 2 aromatic carbocycles. The molecule has 0 spiro atoms. The topological polar surface area (TPSA) is 49.3 Å². The Morgan fingerprint density at radius 3 is 2.41 bits per heavy atom. The molecule has 0 saturated heterocycles. The summed E-state index contributed by atoms with van der Waals surface area (Å²) in [5.74, 6) is -1.21. The molecule has 0 atom stereocenters. The van der Waals surface area contributed by atoms with Crippen molar-refractivity contribution in [3.8, 4) is 5.75 Å². The van der Waals surface area contributed by atoms with Crippen molar-refractivity contribution in [1.29, 1.82) is 0 Å². The lowest BCUT2D eigenvalue weighted by molar-refractivity contribution is -0.136. The zero-order chi connectivity index (χ0) is 16.5. The van der Waals surface area contributed by atoms with E-state index in [1.807, 2.05) is 0 Å². The van der Waals surface area contributed by atoms with Crippen molar-refractivity contribution in [2.45, 2.75) is 6.18 Å². The normalized spacial score (nSPS) is 11.3. The average Bonchev–Trinajstić information content (AvgIpc) is 2.42. The van der Waals surface area contributed by atoms with Crippen LogP contribution in [0.4, 0.5) is 18.9 Å². The molecule has 2 N–H and O–H groups in total. The van der Waals surface area contributed by atoms with Crippen LogP contribution in [0.25, 0.3) is 0 Å². The number of nitrogens with one attached hydrogen (secondary N) is 1. The first-order chi connectivity index (χ1) is 10.2. The van der Waals surface area contributed by atoms with Crippen LogP contribution in [0.1, 0.15) is 15.9 Å². The quantitative estimate of drug-likeness (QED) is 0.677. The molecular formula is C14H8Br2F3NO2. The molecular weight excluding hydrogens is 431 g/mol. The van der Waals surface area contributed by atoms with Crippen LogP contribution < -0.4 is 5.32 Å². The van der Waals surface area contributed by atoms with Crippen molar-refractivity contribution in [1.82, 2.24) is 0 Å². The summed E-state index contributed by atoms with van der Waals surface area (Å²) < 4.78 is 39.4. The second-order valence-corrected chi connectivity index (χ2v) is 6.05. The fraction of sp³-hybridized carbons (Fsp3) is 0.0714. The van der Waals surface area contributed by atoms with Gasteiger partial charge in [-0.25, -0.2) is 0 Å². The molecule has 0 aliphatic heterocycles. The van der Waals surface area contributed by atoms with E-state index < -0.39 is 17.6 Å². The number of rotatable bonds is 2. The molecule has 0 saturated carbocycles. The lowest BCUT2D eigenvalue weighted by Crippen LogP contribution is -2.16. The van der Waals surface area contributed by atoms with E-state index in [1.165, 1.54) is 24.3 Å². The number of anilines is 1. The Kier molecular flexibility index (Phi) is 4.81. The van der Waals surface area contributed by atoms with E-state index in [-0.39, 0.29) is 21.5 Å². The highest BCUT2D eigenvalue weighted by Crippen LogP contribution is 2.36. The van der Waals surface area contributed by atoms with Crippen molar-refractivity contribution in [2.24, 2.45) is 0 Å². The number of aromatic hydroxyl groups is 1. The first-order valence-electron chi connectivity index (χ1n) is 5.85. The van der Waals surface area contributed by atoms with E-state index in [0.29, 0.717) is 4.47 Å². The molecule has 1 amide bonds. The summed E-state index contributed by atoms with van der Waals surface area (Å²) in [6.07, 6.45) is -4.59. The Hall–Kier alpha value is -1.54. The first kappa shape index (κ1) is 16.8. The number of phenols is 1. The molecule has 0 fully saturated rings. The number of carbonyl (C=O) groups excluding carboxylic acids is 1. The van der Waals surface area contributed by atoms with Gasteiger partial charge in [0.05, 0.1) is 21.3 Å². The van der Waals surface area contributed by atoms with Gasteiger partial charge in [-0.3, -0.25) is 4.79 Å². The van der Waals surface area contributed by atoms with Gasteiger partial charge >= 0.3 is 6.18 Å². The number of amides is 1. The van der Waals surface area contributed by atoms with Gasteiger partial charge in [-0.1, -0.05) is 28.1 Å². The lowest BCUT2D eigenvalue weighted by Gasteiger charge is -2.14. The summed E-state index contributed by atoms with van der Waals surface area (Å²) in [7, 11) is 0. The smallest absolute Gasteiger partial charge is 0.418 e. The second kappa shape index (κ2) is 6.29. The minimum Gasteiger partial charge on any atom is -0.506 e. The Morgan fingerprint density at radius 1 is 1.14 bits per heavy atom. The highest BCUT2D eigenvalue weighted by Gasteiger charge is 2.33. The molecule has 8 heteroatoms. The molecule has 22 heavy (non-hydrogen) atoms. The molecule has 0 aliphatic carbocycles. The van der Waals surface area contributed by atoms with Crippen molar-refractivity contribution in [3.63, 3.8) is 0 Å². The Bertz CT molecular complexity index is 733. The van der Waals surface area contributed by atoms with Crippen molar-refractivity contribution in [3.05, 3.63) is 56.5 Å². The SMILES string of the molecule is O=C(Nc1ccccc1C(F)(F)F)c1cc(Br)cc(Br)c1O. The maximum absolute atomic E-state index is 12.9. The largest absolute Gasteiger partial charge is 0.506 e. The van der Waals surface area contributed by atoms with Crippen LogP contribution in [0.15, 0.2) is 45.3 Å². The molecule has 0 radical (unpaired) electrons. The first-order valence-corrected chi connectivity index (χ1v) is 7.44. The molecule has 0 aromatic heterocycles. The molecule has 116 valence electrons. The maximum atomic E-state index is 12.9. The zero-order valence-corrected chi connectivity index (χ0v) is 13.9. The van der Waals surface area contributed by atoms with Crippen LogP contribution in [0.3, 0.4) is 0 Å². The predicted octanol–water partition coefficient (Wildman–Crippen LogP) is 5.19. The lowest BCUT2D eigenvalue weighted by atomic mass is 10.1. The van der Waals surface area contributed by atoms with Crippen LogP contribution in [0, 0.1) is 0 Å². The van der Waals surface area contributed by atoms with Gasteiger partial charge < -0.3 is 10.4 Å². The second-order valence-electron chi connectivity index (χ2n) is 4.28. The number of alkyl halides is 3. The van der Waals surface area contributed by atoms with Gasteiger partial charge in [0.15, 0.2) is 0 Å². The van der Waals surface area contributed by atoms with E-state index >= 15 is 0 Å². The third-order valence-corrected chi connectivity index (χ3v) is 3.82. The molecule has 3 nitrogen and oxygen atoms in total. The number of hydrogen-bond donors (Lipinski definition) is 2. The van der Waals surface area contributed by atoms with E-state index in [2.05, 4.69) is 37.2 Å². The number of halogens is 5. The van der Waals surface area contributed by atoms with Crippen molar-refractivity contribution >= 4 is 43.5 Å².